The Morgan fingerprint density at radius 2 is 1.35 bits per heavy atom. The van der Waals surface area contributed by atoms with Crippen LogP contribution in [0.1, 0.15) is 80.7 Å². The van der Waals surface area contributed by atoms with Gasteiger partial charge in [-0.1, -0.05) is 0 Å². The zero-order valence-corrected chi connectivity index (χ0v) is 25.6. The van der Waals surface area contributed by atoms with E-state index < -0.39 is 59.8 Å². The molecule has 0 radical (unpaired) electrons. The van der Waals surface area contributed by atoms with Gasteiger partial charge in [-0.3, -0.25) is 9.59 Å². The van der Waals surface area contributed by atoms with Gasteiger partial charge in [0.15, 0.2) is 0 Å². The number of aromatic nitrogens is 1. The van der Waals surface area contributed by atoms with E-state index in [-0.39, 0.29) is 41.9 Å². The van der Waals surface area contributed by atoms with Crippen LogP contribution in [0.2, 0.25) is 0 Å². The maximum Gasteiger partial charge on any atom is 0.417 e. The van der Waals surface area contributed by atoms with E-state index in [0.29, 0.717) is 37.8 Å². The fraction of sp³-hybridized carbons (Fsp3) is 0.581. The van der Waals surface area contributed by atoms with Gasteiger partial charge in [0.2, 0.25) is 5.91 Å². The minimum absolute atomic E-state index is 0.0418. The molecule has 15 heteroatoms. The van der Waals surface area contributed by atoms with Crippen molar-refractivity contribution in [1.82, 2.24) is 9.88 Å². The second-order valence-electron chi connectivity index (χ2n) is 11.4. The third-order valence-electron chi connectivity index (χ3n) is 7.98. The fourth-order valence-electron chi connectivity index (χ4n) is 5.63. The van der Waals surface area contributed by atoms with E-state index in [4.69, 9.17) is 4.74 Å². The van der Waals surface area contributed by atoms with Crippen LogP contribution in [0.5, 0.6) is 0 Å². The molecule has 0 aliphatic heterocycles. The van der Waals surface area contributed by atoms with E-state index in [0.717, 1.165) is 43.6 Å². The number of esters is 1. The molecule has 2 aromatic rings. The lowest BCUT2D eigenvalue weighted by molar-refractivity contribution is -0.145. The normalized spacial score (nSPS) is 17.5. The van der Waals surface area contributed by atoms with Gasteiger partial charge in [0.25, 0.3) is 0 Å². The average Bonchev–Trinajstić information content (AvgIpc) is 2.95. The molecule has 1 saturated carbocycles. The second-order valence-corrected chi connectivity index (χ2v) is 11.4. The molecule has 1 heterocycles. The number of hydrogen-bond acceptors (Lipinski definition) is 5. The van der Waals surface area contributed by atoms with Crippen LogP contribution in [-0.4, -0.2) is 41.5 Å². The summed E-state index contributed by atoms with van der Waals surface area (Å²) < 4.78 is 127. The van der Waals surface area contributed by atoms with E-state index in [2.05, 4.69) is 4.98 Å². The first kappa shape index (κ1) is 36.9. The number of halogens is 9. The van der Waals surface area contributed by atoms with Gasteiger partial charge in [-0.15, -0.1) is 0 Å². The first-order valence-electron chi connectivity index (χ1n) is 14.8. The molecule has 1 aromatic carbocycles. The van der Waals surface area contributed by atoms with Crippen molar-refractivity contribution in [2.24, 2.45) is 11.8 Å². The summed E-state index contributed by atoms with van der Waals surface area (Å²) in [6.45, 7) is 4.23. The summed E-state index contributed by atoms with van der Waals surface area (Å²) in [4.78, 5) is 31.2. The lowest BCUT2D eigenvalue weighted by Gasteiger charge is -2.34. The van der Waals surface area contributed by atoms with Crippen molar-refractivity contribution < 1.29 is 53.8 Å². The number of amides is 1. The van der Waals surface area contributed by atoms with Crippen LogP contribution in [0, 0.1) is 11.8 Å². The molecule has 0 spiro atoms. The van der Waals surface area contributed by atoms with Gasteiger partial charge in [-0.2, -0.15) is 39.5 Å². The number of carbonyl (C=O) groups excluding carboxylic acids is 2. The summed E-state index contributed by atoms with van der Waals surface area (Å²) in [5.74, 6) is -0.657. The molecule has 1 aromatic heterocycles. The summed E-state index contributed by atoms with van der Waals surface area (Å²) >= 11 is 0. The summed E-state index contributed by atoms with van der Waals surface area (Å²) in [6, 6.07) is 1.71. The Hall–Kier alpha value is -3.52. The van der Waals surface area contributed by atoms with Crippen LogP contribution in [0.3, 0.4) is 0 Å². The second kappa shape index (κ2) is 14.9. The van der Waals surface area contributed by atoms with Gasteiger partial charge < -0.3 is 14.5 Å². The predicted octanol–water partition coefficient (Wildman–Crippen LogP) is 8.27. The average molecular weight is 670 g/mol. The zero-order valence-electron chi connectivity index (χ0n) is 25.6. The van der Waals surface area contributed by atoms with E-state index in [1.54, 1.807) is 18.7 Å². The van der Waals surface area contributed by atoms with Crippen molar-refractivity contribution in [3.8, 4) is 0 Å². The highest BCUT2D eigenvalue weighted by atomic mass is 19.4. The first-order chi connectivity index (χ1) is 21.3. The molecule has 1 amide bonds. The molecule has 1 aliphatic rings. The van der Waals surface area contributed by atoms with Crippen LogP contribution in [0.15, 0.2) is 30.5 Å². The largest absolute Gasteiger partial charge is 0.466 e. The first-order valence-corrected chi connectivity index (χ1v) is 14.8. The number of benzene rings is 1. The standard InChI is InChI=1S/C31H36F9N3O3/c1-4-42(16-21-8-6-20(7-9-21)12-27(45)46-5-2)28-23(13-26(15-41-28)31(38,39)40)18-43(19(3)44)17-22-10-24(29(32,33)34)14-25(11-22)30(35,36)37/h10-11,13-15,20-21H,4-9,12,16-18H2,1-3H3. The molecular weight excluding hydrogens is 633 g/mol. The third-order valence-corrected chi connectivity index (χ3v) is 7.98. The molecule has 1 fully saturated rings. The van der Waals surface area contributed by atoms with Crippen LogP contribution in [-0.2, 0) is 45.9 Å². The number of nitrogens with zero attached hydrogens (tertiary/aromatic N) is 3. The molecule has 0 bridgehead atoms. The van der Waals surface area contributed by atoms with Crippen molar-refractivity contribution in [3.63, 3.8) is 0 Å². The molecule has 1 aliphatic carbocycles. The number of carbonyl (C=O) groups is 2. The molecule has 6 nitrogen and oxygen atoms in total. The Bertz CT molecular complexity index is 1320. The molecule has 0 saturated heterocycles. The van der Waals surface area contributed by atoms with Crippen molar-refractivity contribution in [1.29, 1.82) is 0 Å². The Kier molecular flexibility index (Phi) is 12.0. The Morgan fingerprint density at radius 3 is 1.83 bits per heavy atom. The quantitative estimate of drug-likeness (QED) is 0.178. The van der Waals surface area contributed by atoms with Crippen molar-refractivity contribution in [2.45, 2.75) is 84.5 Å². The van der Waals surface area contributed by atoms with Crippen LogP contribution in [0.25, 0.3) is 0 Å². The lowest BCUT2D eigenvalue weighted by atomic mass is 9.80. The van der Waals surface area contributed by atoms with Crippen molar-refractivity contribution >= 4 is 17.7 Å². The van der Waals surface area contributed by atoms with Gasteiger partial charge >= 0.3 is 24.5 Å². The molecule has 256 valence electrons. The van der Waals surface area contributed by atoms with Gasteiger partial charge in [0.05, 0.1) is 23.3 Å². The van der Waals surface area contributed by atoms with E-state index >= 15 is 0 Å². The van der Waals surface area contributed by atoms with E-state index in [9.17, 15) is 49.1 Å². The number of ether oxygens (including phenoxy) is 1. The van der Waals surface area contributed by atoms with Gasteiger partial charge in [0.1, 0.15) is 5.82 Å². The van der Waals surface area contributed by atoms with Gasteiger partial charge in [-0.25, -0.2) is 4.98 Å². The maximum absolute atomic E-state index is 13.7. The molecule has 0 N–H and O–H groups in total. The number of alkyl halides is 9. The minimum Gasteiger partial charge on any atom is -0.466 e. The maximum atomic E-state index is 13.7. The summed E-state index contributed by atoms with van der Waals surface area (Å²) in [6.07, 6.45) is -11.1. The molecule has 46 heavy (non-hydrogen) atoms. The number of rotatable bonds is 11. The number of hydrogen-bond donors (Lipinski definition) is 0. The summed E-state index contributed by atoms with van der Waals surface area (Å²) in [5.41, 5.74) is -4.83. The zero-order chi connectivity index (χ0) is 34.4. The Balaban J connectivity index is 1.91. The fourth-order valence-corrected chi connectivity index (χ4v) is 5.63. The SMILES string of the molecule is CCOC(=O)CC1CCC(CN(CC)c2ncc(C(F)(F)F)cc2CN(Cc2cc(C(F)(F)F)cc(C(F)(F)F)c2)C(C)=O)CC1. The highest BCUT2D eigenvalue weighted by Gasteiger charge is 2.37. The van der Waals surface area contributed by atoms with Crippen molar-refractivity contribution in [3.05, 3.63) is 58.3 Å². The van der Waals surface area contributed by atoms with Gasteiger partial charge in [0, 0.05) is 51.3 Å². The van der Waals surface area contributed by atoms with Crippen LogP contribution < -0.4 is 4.90 Å². The lowest BCUT2D eigenvalue weighted by Crippen LogP contribution is -2.35. The third kappa shape index (κ3) is 10.2. The highest BCUT2D eigenvalue weighted by molar-refractivity contribution is 5.73. The summed E-state index contributed by atoms with van der Waals surface area (Å²) in [7, 11) is 0. The Labute approximate surface area is 260 Å². The highest BCUT2D eigenvalue weighted by Crippen LogP contribution is 2.38. The molecular formula is C31H36F9N3O3. The smallest absolute Gasteiger partial charge is 0.417 e. The van der Waals surface area contributed by atoms with Gasteiger partial charge in [-0.05, 0) is 81.2 Å². The molecule has 3 rings (SSSR count). The predicted molar refractivity (Wildman–Crippen MR) is 150 cm³/mol. The van der Waals surface area contributed by atoms with Crippen molar-refractivity contribution in [2.75, 3.05) is 24.6 Å². The van der Waals surface area contributed by atoms with Crippen LogP contribution in [0.4, 0.5) is 45.3 Å². The van der Waals surface area contributed by atoms with Crippen LogP contribution >= 0.6 is 0 Å². The molecule has 0 atom stereocenters. The number of anilines is 1. The topological polar surface area (TPSA) is 62.7 Å². The monoisotopic (exact) mass is 669 g/mol. The minimum atomic E-state index is -5.12. The summed E-state index contributed by atoms with van der Waals surface area (Å²) in [5, 5.41) is 0. The Morgan fingerprint density at radius 1 is 0.804 bits per heavy atom. The number of pyridine rings is 1. The van der Waals surface area contributed by atoms with E-state index in [1.807, 2.05) is 0 Å². The van der Waals surface area contributed by atoms with E-state index in [1.165, 1.54) is 0 Å². The molecule has 0 unspecified atom stereocenters.